The molecule has 0 unspecified atom stereocenters. The van der Waals surface area contributed by atoms with Gasteiger partial charge in [-0.2, -0.15) is 0 Å². The van der Waals surface area contributed by atoms with E-state index in [2.05, 4.69) is 0 Å². The zero-order valence-electron chi connectivity index (χ0n) is 14.8. The molecule has 1 atom stereocenters. The minimum Gasteiger partial charge on any atom is -0.459 e. The molecule has 2 aromatic rings. The third-order valence-corrected chi connectivity index (χ3v) is 5.70. The van der Waals surface area contributed by atoms with Crippen LogP contribution in [-0.4, -0.2) is 36.1 Å². The smallest absolute Gasteiger partial charge is 0.289 e. The van der Waals surface area contributed by atoms with Gasteiger partial charge in [-0.25, -0.2) is 4.39 Å². The van der Waals surface area contributed by atoms with Crippen LogP contribution in [0, 0.1) is 11.7 Å². The Morgan fingerprint density at radius 2 is 2.08 bits per heavy atom. The number of hydrogen-bond acceptors (Lipinski definition) is 3. The van der Waals surface area contributed by atoms with Crippen molar-refractivity contribution in [1.29, 1.82) is 0 Å². The molecule has 0 aliphatic carbocycles. The Hall–Kier alpha value is -2.14. The number of carbonyl (C=O) groups excluding carboxylic acids is 1. The summed E-state index contributed by atoms with van der Waals surface area (Å²) in [4.78, 5) is 14.3. The van der Waals surface area contributed by atoms with Gasteiger partial charge in [0.2, 0.25) is 0 Å². The van der Waals surface area contributed by atoms with Crippen molar-refractivity contribution in [2.24, 2.45) is 5.92 Å². The molecule has 0 saturated carbocycles. The average Bonchev–Trinajstić information content (AvgIpc) is 3.17. The van der Waals surface area contributed by atoms with E-state index in [1.807, 2.05) is 11.0 Å². The summed E-state index contributed by atoms with van der Waals surface area (Å²) in [7, 11) is 0. The number of likely N-dealkylation sites (tertiary alicyclic amines) is 1. The summed E-state index contributed by atoms with van der Waals surface area (Å²) in [6, 6.07) is 10.3. The fourth-order valence-electron chi connectivity index (χ4n) is 4.32. The van der Waals surface area contributed by atoms with Gasteiger partial charge in [-0.3, -0.25) is 4.79 Å². The van der Waals surface area contributed by atoms with Crippen LogP contribution in [0.25, 0.3) is 0 Å². The van der Waals surface area contributed by atoms with Gasteiger partial charge in [0.25, 0.3) is 5.91 Å². The van der Waals surface area contributed by atoms with Crippen molar-refractivity contribution < 1.29 is 18.3 Å². The standard InChI is InChI=1S/C21H24FNO3/c22-18-4-1-3-16(14-18)13-17-6-12-26-21(15-17)7-9-23(10-8-21)20(24)19-5-2-11-25-19/h1-5,11,14,17H,6-10,12-13,15H2/t17-/m1/s1. The lowest BCUT2D eigenvalue weighted by Crippen LogP contribution is -2.51. The average molecular weight is 357 g/mol. The second kappa shape index (κ2) is 7.23. The number of hydrogen-bond donors (Lipinski definition) is 0. The first kappa shape index (κ1) is 17.3. The molecule has 1 amide bonds. The van der Waals surface area contributed by atoms with E-state index < -0.39 is 0 Å². The monoisotopic (exact) mass is 357 g/mol. The number of amides is 1. The Balaban J connectivity index is 1.36. The first-order valence-corrected chi connectivity index (χ1v) is 9.35. The third-order valence-electron chi connectivity index (χ3n) is 5.70. The summed E-state index contributed by atoms with van der Waals surface area (Å²) >= 11 is 0. The van der Waals surface area contributed by atoms with Crippen molar-refractivity contribution in [2.75, 3.05) is 19.7 Å². The highest BCUT2D eigenvalue weighted by Gasteiger charge is 2.41. The molecule has 2 fully saturated rings. The van der Waals surface area contributed by atoms with Crippen LogP contribution in [0.1, 0.15) is 41.8 Å². The van der Waals surface area contributed by atoms with Crippen molar-refractivity contribution in [3.8, 4) is 0 Å². The second-order valence-corrected chi connectivity index (χ2v) is 7.49. The molecule has 0 radical (unpaired) electrons. The predicted octanol–water partition coefficient (Wildman–Crippen LogP) is 4.06. The number of nitrogens with zero attached hydrogens (tertiary/aromatic N) is 1. The van der Waals surface area contributed by atoms with Crippen LogP contribution in [0.2, 0.25) is 0 Å². The zero-order chi connectivity index (χ0) is 18.0. The molecule has 26 heavy (non-hydrogen) atoms. The van der Waals surface area contributed by atoms with Gasteiger partial charge in [-0.15, -0.1) is 0 Å². The van der Waals surface area contributed by atoms with E-state index in [1.54, 1.807) is 24.3 Å². The summed E-state index contributed by atoms with van der Waals surface area (Å²) in [6.45, 7) is 2.12. The molecule has 0 N–H and O–H groups in total. The molecule has 1 aromatic carbocycles. The zero-order valence-corrected chi connectivity index (χ0v) is 14.8. The second-order valence-electron chi connectivity index (χ2n) is 7.49. The summed E-state index contributed by atoms with van der Waals surface area (Å²) in [5.41, 5.74) is 0.911. The maximum atomic E-state index is 13.4. The van der Waals surface area contributed by atoms with Crippen LogP contribution >= 0.6 is 0 Å². The van der Waals surface area contributed by atoms with Gasteiger partial charge in [-0.05, 0) is 67.9 Å². The number of halogens is 1. The summed E-state index contributed by atoms with van der Waals surface area (Å²) in [5.74, 6) is 0.679. The van der Waals surface area contributed by atoms with Crippen molar-refractivity contribution in [2.45, 2.75) is 37.7 Å². The van der Waals surface area contributed by atoms with Gasteiger partial charge >= 0.3 is 0 Å². The number of ether oxygens (including phenoxy) is 1. The fraction of sp³-hybridized carbons (Fsp3) is 0.476. The van der Waals surface area contributed by atoms with E-state index in [9.17, 15) is 9.18 Å². The Morgan fingerprint density at radius 1 is 1.23 bits per heavy atom. The van der Waals surface area contributed by atoms with Gasteiger partial charge in [-0.1, -0.05) is 12.1 Å². The predicted molar refractivity (Wildman–Crippen MR) is 95.4 cm³/mol. The first-order valence-electron chi connectivity index (χ1n) is 9.35. The van der Waals surface area contributed by atoms with E-state index in [0.717, 1.165) is 44.3 Å². The molecule has 2 aliphatic rings. The van der Waals surface area contributed by atoms with Gasteiger partial charge in [0, 0.05) is 19.7 Å². The van der Waals surface area contributed by atoms with E-state index in [1.165, 1.54) is 12.3 Å². The van der Waals surface area contributed by atoms with Gasteiger partial charge in [0.15, 0.2) is 5.76 Å². The van der Waals surface area contributed by atoms with Crippen LogP contribution in [0.3, 0.4) is 0 Å². The van der Waals surface area contributed by atoms with Crippen LogP contribution in [-0.2, 0) is 11.2 Å². The minimum atomic E-state index is -0.172. The molecule has 2 aliphatic heterocycles. The Labute approximate surface area is 152 Å². The normalized spacial score (nSPS) is 22.5. The number of rotatable bonds is 3. The third kappa shape index (κ3) is 3.68. The van der Waals surface area contributed by atoms with E-state index in [4.69, 9.17) is 9.15 Å². The van der Waals surface area contributed by atoms with E-state index in [-0.39, 0.29) is 17.3 Å². The maximum Gasteiger partial charge on any atom is 0.289 e. The highest BCUT2D eigenvalue weighted by molar-refractivity contribution is 5.91. The molecule has 0 bridgehead atoms. The number of furan rings is 1. The molecule has 1 spiro atoms. The van der Waals surface area contributed by atoms with E-state index >= 15 is 0 Å². The van der Waals surface area contributed by atoms with Crippen molar-refractivity contribution in [3.05, 3.63) is 59.8 Å². The van der Waals surface area contributed by atoms with E-state index in [0.29, 0.717) is 24.8 Å². The number of carbonyl (C=O) groups is 1. The summed E-state index contributed by atoms with van der Waals surface area (Å²) < 4.78 is 24.8. The molecule has 5 heteroatoms. The van der Waals surface area contributed by atoms with Crippen LogP contribution < -0.4 is 0 Å². The molecule has 4 rings (SSSR count). The lowest BCUT2D eigenvalue weighted by atomic mass is 9.77. The van der Waals surface area contributed by atoms with Crippen molar-refractivity contribution in [3.63, 3.8) is 0 Å². The maximum absolute atomic E-state index is 13.4. The quantitative estimate of drug-likeness (QED) is 0.832. The van der Waals surface area contributed by atoms with Crippen LogP contribution in [0.5, 0.6) is 0 Å². The first-order chi connectivity index (χ1) is 12.6. The van der Waals surface area contributed by atoms with Gasteiger partial charge < -0.3 is 14.1 Å². The Morgan fingerprint density at radius 3 is 2.81 bits per heavy atom. The molecule has 3 heterocycles. The number of piperidine rings is 1. The summed E-state index contributed by atoms with van der Waals surface area (Å²) in [5, 5.41) is 0. The topological polar surface area (TPSA) is 42.7 Å². The lowest BCUT2D eigenvalue weighted by Gasteiger charge is -2.46. The van der Waals surface area contributed by atoms with Gasteiger partial charge in [0.05, 0.1) is 11.9 Å². The highest BCUT2D eigenvalue weighted by atomic mass is 19.1. The molecule has 138 valence electrons. The Bertz CT molecular complexity index is 750. The summed E-state index contributed by atoms with van der Waals surface area (Å²) in [6.07, 6.45) is 6.09. The van der Waals surface area contributed by atoms with Gasteiger partial charge in [0.1, 0.15) is 5.82 Å². The Kier molecular flexibility index (Phi) is 4.81. The van der Waals surface area contributed by atoms with Crippen LogP contribution in [0.15, 0.2) is 47.1 Å². The lowest BCUT2D eigenvalue weighted by molar-refractivity contribution is -0.123. The largest absolute Gasteiger partial charge is 0.459 e. The highest BCUT2D eigenvalue weighted by Crippen LogP contribution is 2.39. The molecular formula is C21H24FNO3. The van der Waals surface area contributed by atoms with Crippen LogP contribution in [0.4, 0.5) is 4.39 Å². The molecule has 4 nitrogen and oxygen atoms in total. The number of benzene rings is 1. The minimum absolute atomic E-state index is 0.0445. The molecular weight excluding hydrogens is 333 g/mol. The van der Waals surface area contributed by atoms with Crippen molar-refractivity contribution >= 4 is 5.91 Å². The molecule has 1 aromatic heterocycles. The molecule has 2 saturated heterocycles. The SMILES string of the molecule is O=C(c1ccco1)N1CCC2(CC1)C[C@@H](Cc1cccc(F)c1)CCO2. The van der Waals surface area contributed by atoms with Crippen molar-refractivity contribution in [1.82, 2.24) is 4.90 Å². The fourth-order valence-corrected chi connectivity index (χ4v) is 4.32.